The smallest absolute Gasteiger partial charge is 0.227 e. The summed E-state index contributed by atoms with van der Waals surface area (Å²) >= 11 is 0. The zero-order valence-electron chi connectivity index (χ0n) is 18.4. The lowest BCUT2D eigenvalue weighted by Crippen LogP contribution is -2.08. The number of hydrogen-bond acceptors (Lipinski definition) is 7. The van der Waals surface area contributed by atoms with Crippen LogP contribution in [0.15, 0.2) is 35.0 Å². The minimum absolute atomic E-state index is 0.439. The molecule has 1 saturated carbocycles. The van der Waals surface area contributed by atoms with Crippen molar-refractivity contribution in [2.45, 2.75) is 58.3 Å². The number of nitrogens with one attached hydrogen (secondary N) is 1. The van der Waals surface area contributed by atoms with Crippen molar-refractivity contribution < 1.29 is 9.26 Å². The van der Waals surface area contributed by atoms with Gasteiger partial charge in [-0.15, -0.1) is 0 Å². The van der Waals surface area contributed by atoms with Crippen LogP contribution < -0.4 is 15.8 Å². The molecule has 3 N–H and O–H groups in total. The van der Waals surface area contributed by atoms with Crippen LogP contribution in [0, 0.1) is 13.8 Å². The molecule has 0 atom stereocenters. The van der Waals surface area contributed by atoms with E-state index >= 15 is 0 Å². The molecule has 2 heterocycles. The highest BCUT2D eigenvalue weighted by atomic mass is 16.5. The van der Waals surface area contributed by atoms with Crippen LogP contribution in [-0.4, -0.2) is 28.3 Å². The van der Waals surface area contributed by atoms with Crippen molar-refractivity contribution in [3.8, 4) is 17.0 Å². The number of hydrogen-bond donors (Lipinski definition) is 2. The van der Waals surface area contributed by atoms with Crippen molar-refractivity contribution in [2.24, 2.45) is 5.73 Å². The lowest BCUT2D eigenvalue weighted by atomic mass is 9.84. The second kappa shape index (κ2) is 9.92. The summed E-state index contributed by atoms with van der Waals surface area (Å²) in [5.74, 6) is 2.58. The maximum absolute atomic E-state index is 5.74. The maximum atomic E-state index is 5.74. The van der Waals surface area contributed by atoms with Crippen molar-refractivity contribution in [1.82, 2.24) is 15.1 Å². The van der Waals surface area contributed by atoms with Gasteiger partial charge in [0.15, 0.2) is 0 Å². The number of nitrogens with two attached hydrogens (primary N) is 1. The number of aromatic nitrogens is 3. The third-order valence-corrected chi connectivity index (χ3v) is 5.80. The number of nitrogens with zero attached hydrogens (tertiary/aromatic N) is 3. The first kappa shape index (κ1) is 21.3. The first-order valence-electron chi connectivity index (χ1n) is 11.2. The number of anilines is 2. The highest BCUT2D eigenvalue weighted by molar-refractivity contribution is 5.69. The first-order valence-corrected chi connectivity index (χ1v) is 11.2. The van der Waals surface area contributed by atoms with Crippen molar-refractivity contribution >= 4 is 11.6 Å². The third-order valence-electron chi connectivity index (χ3n) is 5.80. The quantitative estimate of drug-likeness (QED) is 0.478. The van der Waals surface area contributed by atoms with Gasteiger partial charge in [0.2, 0.25) is 5.95 Å². The fraction of sp³-hybridized carbons (Fsp3) is 0.458. The largest absolute Gasteiger partial charge is 0.493 e. The van der Waals surface area contributed by atoms with Crippen LogP contribution in [0.5, 0.6) is 5.75 Å². The average Bonchev–Trinajstić information content (AvgIpc) is 3.17. The number of benzene rings is 1. The molecule has 1 aliphatic carbocycles. The van der Waals surface area contributed by atoms with E-state index in [0.29, 0.717) is 25.0 Å². The Labute approximate surface area is 183 Å². The van der Waals surface area contributed by atoms with Crippen molar-refractivity contribution in [3.05, 3.63) is 47.5 Å². The molecular formula is C24H31N5O2. The summed E-state index contributed by atoms with van der Waals surface area (Å²) < 4.78 is 11.4. The van der Waals surface area contributed by atoms with E-state index in [-0.39, 0.29) is 0 Å². The molecule has 0 aliphatic heterocycles. The number of ether oxygens (including phenoxy) is 1. The van der Waals surface area contributed by atoms with Crippen molar-refractivity contribution in [1.29, 1.82) is 0 Å². The molecule has 0 unspecified atom stereocenters. The van der Waals surface area contributed by atoms with Crippen LogP contribution in [0.4, 0.5) is 11.6 Å². The van der Waals surface area contributed by atoms with Gasteiger partial charge in [-0.1, -0.05) is 30.5 Å². The Morgan fingerprint density at radius 2 is 2.03 bits per heavy atom. The van der Waals surface area contributed by atoms with Gasteiger partial charge in [0.1, 0.15) is 11.5 Å². The van der Waals surface area contributed by atoms with Crippen molar-refractivity contribution in [3.63, 3.8) is 0 Å². The van der Waals surface area contributed by atoms with E-state index < -0.39 is 0 Å². The van der Waals surface area contributed by atoms with E-state index in [1.807, 2.05) is 44.3 Å². The molecular weight excluding hydrogens is 390 g/mol. The highest BCUT2D eigenvalue weighted by Gasteiger charge is 2.26. The molecule has 3 aromatic rings. The van der Waals surface area contributed by atoms with Gasteiger partial charge in [-0.2, -0.15) is 0 Å². The van der Waals surface area contributed by atoms with E-state index in [1.54, 1.807) is 0 Å². The van der Waals surface area contributed by atoms with Crippen LogP contribution >= 0.6 is 0 Å². The van der Waals surface area contributed by atoms with Gasteiger partial charge < -0.3 is 20.3 Å². The Bertz CT molecular complexity index is 1010. The fourth-order valence-electron chi connectivity index (χ4n) is 4.15. The summed E-state index contributed by atoms with van der Waals surface area (Å²) in [6.07, 6.45) is 8.78. The molecule has 0 spiro atoms. The van der Waals surface area contributed by atoms with E-state index in [4.69, 9.17) is 20.0 Å². The van der Waals surface area contributed by atoms with Gasteiger partial charge >= 0.3 is 0 Å². The Kier molecular flexibility index (Phi) is 6.82. The molecule has 7 nitrogen and oxygen atoms in total. The standard InChI is InChI=1S/C24H31N5O2/c1-16-15-26-24(27-19-10-6-11-20(14-19)30-13-7-12-25)28-22(16)21-17(2)31-29-23(21)18-8-4-3-5-9-18/h6,10-11,14-15,18H,3-5,7-9,12-13,25H2,1-2H3,(H,26,27,28). The predicted octanol–water partition coefficient (Wildman–Crippen LogP) is 5.27. The van der Waals surface area contributed by atoms with Gasteiger partial charge in [-0.25, -0.2) is 9.97 Å². The normalized spacial score (nSPS) is 14.5. The van der Waals surface area contributed by atoms with E-state index in [0.717, 1.165) is 59.0 Å². The number of rotatable bonds is 8. The molecule has 1 aliphatic rings. The average molecular weight is 422 g/mol. The first-order chi connectivity index (χ1) is 15.2. The second-order valence-electron chi connectivity index (χ2n) is 8.20. The molecule has 0 amide bonds. The predicted molar refractivity (Wildman–Crippen MR) is 122 cm³/mol. The SMILES string of the molecule is Cc1cnc(Nc2cccc(OCCCN)c2)nc1-c1c(C2CCCCC2)noc1C. The Hall–Kier alpha value is -2.93. The van der Waals surface area contributed by atoms with Crippen LogP contribution in [0.25, 0.3) is 11.3 Å². The topological polar surface area (TPSA) is 99.1 Å². The lowest BCUT2D eigenvalue weighted by Gasteiger charge is -2.20. The minimum Gasteiger partial charge on any atom is -0.493 e. The summed E-state index contributed by atoms with van der Waals surface area (Å²) in [7, 11) is 0. The van der Waals surface area contributed by atoms with Crippen molar-refractivity contribution in [2.75, 3.05) is 18.5 Å². The Morgan fingerprint density at radius 3 is 2.84 bits per heavy atom. The molecule has 164 valence electrons. The summed E-state index contributed by atoms with van der Waals surface area (Å²) in [5.41, 5.74) is 10.4. The zero-order chi connectivity index (χ0) is 21.6. The summed E-state index contributed by atoms with van der Waals surface area (Å²) in [5, 5.41) is 7.74. The van der Waals surface area contributed by atoms with E-state index in [1.165, 1.54) is 19.3 Å². The van der Waals surface area contributed by atoms with Crippen LogP contribution in [-0.2, 0) is 0 Å². The minimum atomic E-state index is 0.439. The molecule has 1 aromatic carbocycles. The second-order valence-corrected chi connectivity index (χ2v) is 8.20. The molecule has 2 aromatic heterocycles. The lowest BCUT2D eigenvalue weighted by molar-refractivity contribution is 0.313. The molecule has 4 rings (SSSR count). The maximum Gasteiger partial charge on any atom is 0.227 e. The van der Waals surface area contributed by atoms with Gasteiger partial charge in [-0.05, 0) is 57.4 Å². The Balaban J connectivity index is 1.59. The van der Waals surface area contributed by atoms with E-state index in [2.05, 4.69) is 15.5 Å². The van der Waals surface area contributed by atoms with Gasteiger partial charge in [0, 0.05) is 23.9 Å². The summed E-state index contributed by atoms with van der Waals surface area (Å²) in [6.45, 7) is 5.21. The third kappa shape index (κ3) is 5.05. The van der Waals surface area contributed by atoms with Crippen LogP contribution in [0.2, 0.25) is 0 Å². The highest BCUT2D eigenvalue weighted by Crippen LogP contribution is 2.39. The number of aryl methyl sites for hydroxylation is 2. The zero-order valence-corrected chi connectivity index (χ0v) is 18.4. The van der Waals surface area contributed by atoms with Gasteiger partial charge in [0.05, 0.1) is 23.6 Å². The Morgan fingerprint density at radius 1 is 1.19 bits per heavy atom. The van der Waals surface area contributed by atoms with Gasteiger partial charge in [-0.3, -0.25) is 0 Å². The monoisotopic (exact) mass is 421 g/mol. The van der Waals surface area contributed by atoms with E-state index in [9.17, 15) is 0 Å². The van der Waals surface area contributed by atoms with Crippen LogP contribution in [0.3, 0.4) is 0 Å². The molecule has 0 bridgehead atoms. The molecule has 0 saturated heterocycles. The van der Waals surface area contributed by atoms with Crippen LogP contribution in [0.1, 0.15) is 61.5 Å². The summed E-state index contributed by atoms with van der Waals surface area (Å²) in [4.78, 5) is 9.34. The van der Waals surface area contributed by atoms with Gasteiger partial charge in [0.25, 0.3) is 0 Å². The summed E-state index contributed by atoms with van der Waals surface area (Å²) in [6, 6.07) is 7.79. The molecule has 31 heavy (non-hydrogen) atoms. The molecule has 0 radical (unpaired) electrons. The fourth-order valence-corrected chi connectivity index (χ4v) is 4.15. The molecule has 1 fully saturated rings. The molecule has 7 heteroatoms.